The van der Waals surface area contributed by atoms with Crippen LogP contribution in [0.25, 0.3) is 0 Å². The smallest absolute Gasteiger partial charge is 0.168 e. The molecule has 1 aliphatic rings. The minimum absolute atomic E-state index is 0.265. The van der Waals surface area contributed by atoms with Crippen molar-refractivity contribution >= 4 is 11.5 Å². The zero-order valence-corrected chi connectivity index (χ0v) is 10.1. The zero-order valence-electron chi connectivity index (χ0n) is 10.1. The van der Waals surface area contributed by atoms with Crippen LogP contribution in [0.1, 0.15) is 36.0 Å². The molecule has 16 heavy (non-hydrogen) atoms. The van der Waals surface area contributed by atoms with Gasteiger partial charge in [-0.25, -0.2) is 0 Å². The number of rotatable bonds is 3. The van der Waals surface area contributed by atoms with Gasteiger partial charge in [-0.3, -0.25) is 4.79 Å². The van der Waals surface area contributed by atoms with Crippen molar-refractivity contribution in [2.75, 3.05) is 19.0 Å². The van der Waals surface area contributed by atoms with Crippen molar-refractivity contribution in [2.24, 2.45) is 5.92 Å². The SMILES string of the molecule is CN(C)c1ccccc1C(=O)C1CCCC1. The zero-order chi connectivity index (χ0) is 11.5. The number of nitrogens with zero attached hydrogens (tertiary/aromatic N) is 1. The predicted octanol–water partition coefficient (Wildman–Crippen LogP) is 3.13. The molecule has 1 fully saturated rings. The summed E-state index contributed by atoms with van der Waals surface area (Å²) in [4.78, 5) is 14.4. The third-order valence-corrected chi connectivity index (χ3v) is 3.38. The molecular formula is C14H19NO. The lowest BCUT2D eigenvalue weighted by atomic mass is 9.95. The lowest BCUT2D eigenvalue weighted by Crippen LogP contribution is -2.17. The van der Waals surface area contributed by atoms with Crippen LogP contribution in [0.15, 0.2) is 24.3 Å². The van der Waals surface area contributed by atoms with Crippen LogP contribution in [0.5, 0.6) is 0 Å². The van der Waals surface area contributed by atoms with E-state index in [1.807, 2.05) is 43.3 Å². The fourth-order valence-corrected chi connectivity index (χ4v) is 2.48. The van der Waals surface area contributed by atoms with E-state index in [1.165, 1.54) is 12.8 Å². The van der Waals surface area contributed by atoms with Gasteiger partial charge < -0.3 is 4.90 Å². The molecule has 0 aromatic heterocycles. The predicted molar refractivity (Wildman–Crippen MR) is 67.1 cm³/mol. The maximum absolute atomic E-state index is 12.3. The van der Waals surface area contributed by atoms with E-state index in [9.17, 15) is 4.79 Å². The van der Waals surface area contributed by atoms with E-state index in [2.05, 4.69) is 0 Å². The molecule has 0 aliphatic heterocycles. The van der Waals surface area contributed by atoms with Gasteiger partial charge >= 0.3 is 0 Å². The Morgan fingerprint density at radius 1 is 1.19 bits per heavy atom. The van der Waals surface area contributed by atoms with Crippen LogP contribution in [0.4, 0.5) is 5.69 Å². The van der Waals surface area contributed by atoms with Gasteiger partial charge in [-0.1, -0.05) is 25.0 Å². The van der Waals surface area contributed by atoms with Crippen molar-refractivity contribution in [3.8, 4) is 0 Å². The number of benzene rings is 1. The molecule has 2 rings (SSSR count). The number of hydrogen-bond acceptors (Lipinski definition) is 2. The van der Waals surface area contributed by atoms with Gasteiger partial charge in [0.2, 0.25) is 0 Å². The maximum atomic E-state index is 12.3. The van der Waals surface area contributed by atoms with Crippen molar-refractivity contribution in [3.05, 3.63) is 29.8 Å². The molecule has 0 bridgehead atoms. The number of carbonyl (C=O) groups is 1. The highest BCUT2D eigenvalue weighted by Gasteiger charge is 2.25. The molecule has 0 spiro atoms. The van der Waals surface area contributed by atoms with Crippen molar-refractivity contribution in [1.29, 1.82) is 0 Å². The van der Waals surface area contributed by atoms with Gasteiger partial charge in [-0.2, -0.15) is 0 Å². The summed E-state index contributed by atoms with van der Waals surface area (Å²) in [6.45, 7) is 0. The van der Waals surface area contributed by atoms with Gasteiger partial charge in [-0.15, -0.1) is 0 Å². The average Bonchev–Trinajstić information content (AvgIpc) is 2.81. The van der Waals surface area contributed by atoms with Crippen molar-refractivity contribution in [2.45, 2.75) is 25.7 Å². The summed E-state index contributed by atoms with van der Waals surface area (Å²) in [6, 6.07) is 7.91. The summed E-state index contributed by atoms with van der Waals surface area (Å²) in [5.74, 6) is 0.600. The highest BCUT2D eigenvalue weighted by atomic mass is 16.1. The second kappa shape index (κ2) is 4.69. The van der Waals surface area contributed by atoms with Crippen molar-refractivity contribution < 1.29 is 4.79 Å². The van der Waals surface area contributed by atoms with Crippen molar-refractivity contribution in [3.63, 3.8) is 0 Å². The molecular weight excluding hydrogens is 198 g/mol. The highest BCUT2D eigenvalue weighted by molar-refractivity contribution is 6.02. The summed E-state index contributed by atoms with van der Waals surface area (Å²) in [7, 11) is 3.97. The normalized spacial score (nSPS) is 16.4. The Hall–Kier alpha value is -1.31. The molecule has 2 nitrogen and oxygen atoms in total. The van der Waals surface area contributed by atoms with Crippen LogP contribution in [-0.2, 0) is 0 Å². The van der Waals surface area contributed by atoms with Crippen LogP contribution in [0, 0.1) is 5.92 Å². The average molecular weight is 217 g/mol. The largest absolute Gasteiger partial charge is 0.377 e. The first-order chi connectivity index (χ1) is 7.70. The van der Waals surface area contributed by atoms with E-state index < -0.39 is 0 Å². The van der Waals surface area contributed by atoms with Gasteiger partial charge in [0.05, 0.1) is 0 Å². The van der Waals surface area contributed by atoms with E-state index in [0.29, 0.717) is 5.78 Å². The fourth-order valence-electron chi connectivity index (χ4n) is 2.48. The quantitative estimate of drug-likeness (QED) is 0.725. The monoisotopic (exact) mass is 217 g/mol. The molecule has 2 heteroatoms. The Kier molecular flexibility index (Phi) is 3.28. The number of anilines is 1. The number of ketones is 1. The summed E-state index contributed by atoms with van der Waals surface area (Å²) < 4.78 is 0. The molecule has 1 aromatic rings. The first-order valence-electron chi connectivity index (χ1n) is 6.00. The van der Waals surface area contributed by atoms with Crippen LogP contribution in [0.3, 0.4) is 0 Å². The Morgan fingerprint density at radius 3 is 2.44 bits per heavy atom. The van der Waals surface area contributed by atoms with Gasteiger partial charge in [0.1, 0.15) is 0 Å². The summed E-state index contributed by atoms with van der Waals surface area (Å²) in [6.07, 6.45) is 4.56. The van der Waals surface area contributed by atoms with E-state index in [1.54, 1.807) is 0 Å². The second-order valence-electron chi connectivity index (χ2n) is 4.76. The lowest BCUT2D eigenvalue weighted by Gasteiger charge is -2.18. The minimum Gasteiger partial charge on any atom is -0.377 e. The standard InChI is InChI=1S/C14H19NO/c1-15(2)13-10-6-5-9-12(13)14(16)11-7-3-4-8-11/h5-6,9-11H,3-4,7-8H2,1-2H3. The van der Waals surface area contributed by atoms with Gasteiger partial charge in [0.25, 0.3) is 0 Å². The minimum atomic E-state index is 0.265. The summed E-state index contributed by atoms with van der Waals surface area (Å²) in [5, 5.41) is 0. The van der Waals surface area contributed by atoms with E-state index >= 15 is 0 Å². The highest BCUT2D eigenvalue weighted by Crippen LogP contribution is 2.30. The maximum Gasteiger partial charge on any atom is 0.168 e. The first kappa shape index (κ1) is 11.2. The number of hydrogen-bond donors (Lipinski definition) is 0. The molecule has 0 atom stereocenters. The molecule has 1 aliphatic carbocycles. The molecule has 0 saturated heterocycles. The van der Waals surface area contributed by atoms with E-state index in [4.69, 9.17) is 0 Å². The number of Topliss-reactive ketones (excluding diaryl/α,β-unsaturated/α-hetero) is 1. The third kappa shape index (κ3) is 2.11. The molecule has 0 N–H and O–H groups in total. The Labute approximate surface area is 97.3 Å². The molecule has 0 amide bonds. The summed E-state index contributed by atoms with van der Waals surface area (Å²) in [5.41, 5.74) is 1.93. The number of carbonyl (C=O) groups excluding carboxylic acids is 1. The molecule has 0 unspecified atom stereocenters. The Bertz CT molecular complexity index is 378. The van der Waals surface area contributed by atoms with Crippen molar-refractivity contribution in [1.82, 2.24) is 0 Å². The first-order valence-corrected chi connectivity index (χ1v) is 6.00. The molecule has 86 valence electrons. The van der Waals surface area contributed by atoms with Gasteiger partial charge in [-0.05, 0) is 25.0 Å². The third-order valence-electron chi connectivity index (χ3n) is 3.38. The van der Waals surface area contributed by atoms with Crippen LogP contribution >= 0.6 is 0 Å². The van der Waals surface area contributed by atoms with Crippen LogP contribution < -0.4 is 4.90 Å². The number of para-hydroxylation sites is 1. The van der Waals surface area contributed by atoms with Crippen LogP contribution in [-0.4, -0.2) is 19.9 Å². The topological polar surface area (TPSA) is 20.3 Å². The second-order valence-corrected chi connectivity index (χ2v) is 4.76. The molecule has 1 saturated carbocycles. The van der Waals surface area contributed by atoms with Gasteiger partial charge in [0.15, 0.2) is 5.78 Å². The fraction of sp³-hybridized carbons (Fsp3) is 0.500. The molecule has 1 aromatic carbocycles. The molecule has 0 radical (unpaired) electrons. The van der Waals surface area contributed by atoms with E-state index in [-0.39, 0.29) is 5.92 Å². The Morgan fingerprint density at radius 2 is 1.81 bits per heavy atom. The van der Waals surface area contributed by atoms with Crippen LogP contribution in [0.2, 0.25) is 0 Å². The molecule has 0 heterocycles. The lowest BCUT2D eigenvalue weighted by molar-refractivity contribution is 0.0923. The Balaban J connectivity index is 2.28. The van der Waals surface area contributed by atoms with Gasteiger partial charge in [0, 0.05) is 31.3 Å². The summed E-state index contributed by atoms with van der Waals surface area (Å²) >= 11 is 0. The van der Waals surface area contributed by atoms with E-state index in [0.717, 1.165) is 24.1 Å².